The van der Waals surface area contributed by atoms with Crippen molar-refractivity contribution >= 4 is 23.2 Å². The molecule has 0 aliphatic carbocycles. The number of ether oxygens (including phenoxy) is 3. The second-order valence-electron chi connectivity index (χ2n) is 6.39. The number of nitrogens with one attached hydrogen (secondary N) is 1. The van der Waals surface area contributed by atoms with Crippen LogP contribution in [-0.4, -0.2) is 26.4 Å². The largest absolute Gasteiger partial charge is 0.493 e. The third-order valence-electron chi connectivity index (χ3n) is 3.97. The van der Waals surface area contributed by atoms with Crippen LogP contribution in [0.1, 0.15) is 31.4 Å². The van der Waals surface area contributed by atoms with Crippen LogP contribution in [0.2, 0.25) is 10.0 Å². The van der Waals surface area contributed by atoms with E-state index in [0.717, 1.165) is 30.7 Å². The van der Waals surface area contributed by atoms with E-state index in [1.165, 1.54) is 0 Å². The molecule has 2 aromatic rings. The molecule has 27 heavy (non-hydrogen) atoms. The standard InChI is InChI=1S/C21H27Cl2NO3/c1-15(2)26-12-6-11-24-13-16-7-4-10-20(25-3)21(16)27-14-17-18(22)8-5-9-19(17)23/h4-5,7-10,15,24H,6,11-14H2,1-3H3. The molecule has 0 spiro atoms. The van der Waals surface area contributed by atoms with Gasteiger partial charge in [0.25, 0.3) is 0 Å². The molecule has 0 aliphatic heterocycles. The van der Waals surface area contributed by atoms with Crippen molar-refractivity contribution in [2.45, 2.75) is 39.5 Å². The fourth-order valence-corrected chi connectivity index (χ4v) is 3.09. The van der Waals surface area contributed by atoms with Crippen LogP contribution in [0, 0.1) is 0 Å². The smallest absolute Gasteiger partial charge is 0.166 e. The molecular weight excluding hydrogens is 385 g/mol. The summed E-state index contributed by atoms with van der Waals surface area (Å²) in [6.45, 7) is 6.63. The molecule has 0 fully saturated rings. The van der Waals surface area contributed by atoms with Gasteiger partial charge >= 0.3 is 0 Å². The van der Waals surface area contributed by atoms with Gasteiger partial charge in [-0.25, -0.2) is 0 Å². The molecule has 0 amide bonds. The molecule has 0 atom stereocenters. The van der Waals surface area contributed by atoms with Crippen molar-refractivity contribution in [1.82, 2.24) is 5.32 Å². The molecular formula is C21H27Cl2NO3. The number of para-hydroxylation sites is 1. The Morgan fingerprint density at radius 1 is 1.04 bits per heavy atom. The normalized spacial score (nSPS) is 11.0. The van der Waals surface area contributed by atoms with E-state index in [-0.39, 0.29) is 12.7 Å². The molecule has 2 rings (SSSR count). The van der Waals surface area contributed by atoms with Gasteiger partial charge in [0.15, 0.2) is 11.5 Å². The lowest BCUT2D eigenvalue weighted by Gasteiger charge is -2.17. The summed E-state index contributed by atoms with van der Waals surface area (Å²) in [6.07, 6.45) is 1.22. The summed E-state index contributed by atoms with van der Waals surface area (Å²) in [5.41, 5.74) is 1.78. The van der Waals surface area contributed by atoms with E-state index in [4.69, 9.17) is 37.4 Å². The molecule has 0 saturated carbocycles. The van der Waals surface area contributed by atoms with Gasteiger partial charge in [-0.2, -0.15) is 0 Å². The van der Waals surface area contributed by atoms with Gasteiger partial charge in [0.1, 0.15) is 6.61 Å². The monoisotopic (exact) mass is 411 g/mol. The van der Waals surface area contributed by atoms with Crippen molar-refractivity contribution in [1.29, 1.82) is 0 Å². The fourth-order valence-electron chi connectivity index (χ4n) is 2.58. The maximum Gasteiger partial charge on any atom is 0.166 e. The van der Waals surface area contributed by atoms with Crippen LogP contribution in [0.5, 0.6) is 11.5 Å². The fraction of sp³-hybridized carbons (Fsp3) is 0.429. The van der Waals surface area contributed by atoms with Crippen LogP contribution >= 0.6 is 23.2 Å². The van der Waals surface area contributed by atoms with E-state index in [9.17, 15) is 0 Å². The van der Waals surface area contributed by atoms with Gasteiger partial charge in [0, 0.05) is 34.3 Å². The van der Waals surface area contributed by atoms with E-state index in [0.29, 0.717) is 28.1 Å². The zero-order valence-electron chi connectivity index (χ0n) is 16.1. The number of halogens is 2. The lowest BCUT2D eigenvalue weighted by atomic mass is 10.1. The van der Waals surface area contributed by atoms with E-state index in [1.54, 1.807) is 19.2 Å². The third-order valence-corrected chi connectivity index (χ3v) is 4.68. The maximum absolute atomic E-state index is 6.24. The Morgan fingerprint density at radius 2 is 1.74 bits per heavy atom. The van der Waals surface area contributed by atoms with Crippen molar-refractivity contribution in [3.8, 4) is 11.5 Å². The van der Waals surface area contributed by atoms with Gasteiger partial charge in [0.05, 0.1) is 13.2 Å². The summed E-state index contributed by atoms with van der Waals surface area (Å²) in [5.74, 6) is 1.38. The highest BCUT2D eigenvalue weighted by Crippen LogP contribution is 2.33. The highest BCUT2D eigenvalue weighted by molar-refractivity contribution is 6.35. The molecule has 6 heteroatoms. The van der Waals surface area contributed by atoms with Gasteiger partial charge in [0.2, 0.25) is 0 Å². The van der Waals surface area contributed by atoms with E-state index >= 15 is 0 Å². The van der Waals surface area contributed by atoms with Gasteiger partial charge in [-0.15, -0.1) is 0 Å². The SMILES string of the molecule is COc1cccc(CNCCCOC(C)C)c1OCc1c(Cl)cccc1Cl. The molecule has 148 valence electrons. The second kappa shape index (κ2) is 11.4. The van der Waals surface area contributed by atoms with E-state index < -0.39 is 0 Å². The third kappa shape index (κ3) is 6.89. The average molecular weight is 412 g/mol. The summed E-state index contributed by atoms with van der Waals surface area (Å²) >= 11 is 12.5. The van der Waals surface area contributed by atoms with Crippen LogP contribution < -0.4 is 14.8 Å². The molecule has 0 aromatic heterocycles. The van der Waals surface area contributed by atoms with E-state index in [1.807, 2.05) is 38.1 Å². The predicted octanol–water partition coefficient (Wildman–Crippen LogP) is 5.49. The highest BCUT2D eigenvalue weighted by Gasteiger charge is 2.13. The van der Waals surface area contributed by atoms with Crippen molar-refractivity contribution in [3.63, 3.8) is 0 Å². The Morgan fingerprint density at radius 3 is 2.41 bits per heavy atom. The van der Waals surface area contributed by atoms with Crippen LogP contribution in [0.25, 0.3) is 0 Å². The molecule has 1 N–H and O–H groups in total. The Bertz CT molecular complexity index is 702. The lowest BCUT2D eigenvalue weighted by Crippen LogP contribution is -2.18. The second-order valence-corrected chi connectivity index (χ2v) is 7.20. The zero-order valence-corrected chi connectivity index (χ0v) is 17.6. The van der Waals surface area contributed by atoms with Crippen LogP contribution in [0.15, 0.2) is 36.4 Å². The molecule has 0 unspecified atom stereocenters. The number of hydrogen-bond donors (Lipinski definition) is 1. The molecule has 0 aliphatic rings. The summed E-state index contributed by atoms with van der Waals surface area (Å²) in [4.78, 5) is 0. The zero-order chi connectivity index (χ0) is 19.6. The number of rotatable bonds is 11. The van der Waals surface area contributed by atoms with E-state index in [2.05, 4.69) is 5.32 Å². The van der Waals surface area contributed by atoms with Gasteiger partial charge in [-0.3, -0.25) is 0 Å². The minimum absolute atomic E-state index is 0.264. The molecule has 0 bridgehead atoms. The van der Waals surface area contributed by atoms with Crippen molar-refractivity contribution in [2.24, 2.45) is 0 Å². The van der Waals surface area contributed by atoms with Gasteiger partial charge in [-0.05, 0) is 45.0 Å². The minimum atomic E-state index is 0.264. The first-order valence-corrected chi connectivity index (χ1v) is 9.82. The molecule has 0 heterocycles. The lowest BCUT2D eigenvalue weighted by molar-refractivity contribution is 0.0770. The first-order chi connectivity index (χ1) is 13.0. The van der Waals surface area contributed by atoms with Crippen molar-refractivity contribution in [2.75, 3.05) is 20.3 Å². The first kappa shape index (κ1) is 21.8. The predicted molar refractivity (Wildman–Crippen MR) is 111 cm³/mol. The van der Waals surface area contributed by atoms with Crippen LogP contribution in [0.4, 0.5) is 0 Å². The Hall–Kier alpha value is -1.46. The molecule has 2 aromatic carbocycles. The minimum Gasteiger partial charge on any atom is -0.493 e. The number of methoxy groups -OCH3 is 1. The van der Waals surface area contributed by atoms with Crippen LogP contribution in [-0.2, 0) is 17.9 Å². The molecule has 0 radical (unpaired) electrons. The summed E-state index contributed by atoms with van der Waals surface area (Å²) in [5, 5.41) is 4.59. The topological polar surface area (TPSA) is 39.7 Å². The average Bonchev–Trinajstić information content (AvgIpc) is 2.64. The van der Waals surface area contributed by atoms with Gasteiger partial charge in [-0.1, -0.05) is 41.4 Å². The molecule has 0 saturated heterocycles. The highest BCUT2D eigenvalue weighted by atomic mass is 35.5. The quantitative estimate of drug-likeness (QED) is 0.496. The summed E-state index contributed by atoms with van der Waals surface area (Å²) < 4.78 is 17.1. The first-order valence-electron chi connectivity index (χ1n) is 9.06. The Balaban J connectivity index is 2.00. The Labute approximate surface area is 171 Å². The number of hydrogen-bond acceptors (Lipinski definition) is 4. The summed E-state index contributed by atoms with van der Waals surface area (Å²) in [7, 11) is 1.63. The Kier molecular flexibility index (Phi) is 9.22. The number of benzene rings is 2. The van der Waals surface area contributed by atoms with Crippen LogP contribution in [0.3, 0.4) is 0 Å². The summed E-state index contributed by atoms with van der Waals surface area (Å²) in [6, 6.07) is 11.3. The van der Waals surface area contributed by atoms with Gasteiger partial charge < -0.3 is 19.5 Å². The van der Waals surface area contributed by atoms with Crippen molar-refractivity contribution in [3.05, 3.63) is 57.6 Å². The maximum atomic E-state index is 6.24. The molecule has 4 nitrogen and oxygen atoms in total. The van der Waals surface area contributed by atoms with Crippen molar-refractivity contribution < 1.29 is 14.2 Å².